The third-order valence-corrected chi connectivity index (χ3v) is 7.26. The number of carbonyl (C=O) groups excluding carboxylic acids is 1. The summed E-state index contributed by atoms with van der Waals surface area (Å²) in [5.74, 6) is 0.971. The van der Waals surface area contributed by atoms with Gasteiger partial charge in [-0.05, 0) is 30.2 Å². The summed E-state index contributed by atoms with van der Waals surface area (Å²) in [5.41, 5.74) is 0. The minimum atomic E-state index is 0.350. The summed E-state index contributed by atoms with van der Waals surface area (Å²) < 4.78 is 0. The summed E-state index contributed by atoms with van der Waals surface area (Å²) in [7, 11) is 0. The third kappa shape index (κ3) is 4.03. The summed E-state index contributed by atoms with van der Waals surface area (Å²) in [6.45, 7) is 3.32. The van der Waals surface area contributed by atoms with Crippen LogP contribution >= 0.6 is 22.7 Å². The largest absolute Gasteiger partial charge is 0.343 e. The van der Waals surface area contributed by atoms with Crippen molar-refractivity contribution in [2.45, 2.75) is 38.5 Å². The average molecular weight is 377 g/mol. The van der Waals surface area contributed by atoms with E-state index in [-0.39, 0.29) is 0 Å². The zero-order chi connectivity index (χ0) is 17.1. The lowest BCUT2D eigenvalue weighted by Crippen LogP contribution is -2.49. The maximum atomic E-state index is 12.6. The molecule has 0 spiro atoms. The Morgan fingerprint density at radius 1 is 1.12 bits per heavy atom. The average Bonchev–Trinajstić information content (AvgIpc) is 3.34. The van der Waals surface area contributed by atoms with E-state index in [1.165, 1.54) is 37.0 Å². The molecule has 1 saturated heterocycles. The molecule has 1 aliphatic heterocycles. The first-order valence-corrected chi connectivity index (χ1v) is 10.9. The first kappa shape index (κ1) is 17.0. The molecule has 4 rings (SSSR count). The maximum absolute atomic E-state index is 12.6. The number of hydrogen-bond donors (Lipinski definition) is 0. The van der Waals surface area contributed by atoms with Crippen molar-refractivity contribution >= 4 is 33.7 Å². The molecule has 0 atom stereocenters. The van der Waals surface area contributed by atoms with Crippen molar-refractivity contribution in [2.75, 3.05) is 31.1 Å². The number of aromatic nitrogens is 2. The molecule has 1 amide bonds. The van der Waals surface area contributed by atoms with Gasteiger partial charge in [-0.3, -0.25) is 4.79 Å². The van der Waals surface area contributed by atoms with Crippen molar-refractivity contribution in [2.24, 2.45) is 5.92 Å². The fourth-order valence-electron chi connectivity index (χ4n) is 3.76. The van der Waals surface area contributed by atoms with Gasteiger partial charge >= 0.3 is 0 Å². The molecule has 3 heterocycles. The number of nitrogens with zero attached hydrogens (tertiary/aromatic N) is 4. The third-order valence-electron chi connectivity index (χ3n) is 5.24. The molecular weight excluding hydrogens is 352 g/mol. The first-order valence-electron chi connectivity index (χ1n) is 9.20. The van der Waals surface area contributed by atoms with E-state index >= 15 is 0 Å². The van der Waals surface area contributed by atoms with Crippen LogP contribution in [0.4, 0.5) is 5.13 Å². The van der Waals surface area contributed by atoms with E-state index < -0.39 is 0 Å². The first-order chi connectivity index (χ1) is 12.3. The monoisotopic (exact) mass is 376 g/mol. The Morgan fingerprint density at radius 2 is 1.92 bits per heavy atom. The molecule has 1 saturated carbocycles. The number of rotatable bonds is 4. The number of hydrogen-bond acceptors (Lipinski definition) is 6. The summed E-state index contributed by atoms with van der Waals surface area (Å²) in [5, 5.41) is 12.7. The molecule has 5 nitrogen and oxygen atoms in total. The number of piperazine rings is 1. The van der Waals surface area contributed by atoms with Crippen LogP contribution in [0.5, 0.6) is 0 Å². The van der Waals surface area contributed by atoms with Gasteiger partial charge in [0.25, 0.3) is 0 Å². The predicted molar refractivity (Wildman–Crippen MR) is 103 cm³/mol. The van der Waals surface area contributed by atoms with Crippen LogP contribution in [0.3, 0.4) is 0 Å². The second-order valence-corrected chi connectivity index (χ2v) is 8.85. The Morgan fingerprint density at radius 3 is 2.64 bits per heavy atom. The van der Waals surface area contributed by atoms with Gasteiger partial charge in [0.1, 0.15) is 0 Å². The lowest BCUT2D eigenvalue weighted by Gasteiger charge is -2.35. The van der Waals surface area contributed by atoms with Crippen LogP contribution in [0.25, 0.3) is 9.88 Å². The van der Waals surface area contributed by atoms with Crippen LogP contribution < -0.4 is 4.90 Å². The number of anilines is 1. The molecular formula is C18H24N4OS2. The van der Waals surface area contributed by atoms with Crippen LogP contribution in [0.1, 0.15) is 38.5 Å². The van der Waals surface area contributed by atoms with Crippen LogP contribution in [0.2, 0.25) is 0 Å². The van der Waals surface area contributed by atoms with Crippen molar-refractivity contribution < 1.29 is 4.79 Å². The van der Waals surface area contributed by atoms with Gasteiger partial charge in [-0.2, -0.15) is 0 Å². The van der Waals surface area contributed by atoms with Crippen molar-refractivity contribution in [1.29, 1.82) is 0 Å². The predicted octanol–water partition coefficient (Wildman–Crippen LogP) is 3.89. The SMILES string of the molecule is O=C(CC1CCCCC1)N1CCN(c2nnc(-c3cccs3)s2)CC1. The molecule has 0 N–H and O–H groups in total. The van der Waals surface area contributed by atoms with E-state index in [1.54, 1.807) is 22.7 Å². The highest BCUT2D eigenvalue weighted by molar-refractivity contribution is 7.22. The van der Waals surface area contributed by atoms with Gasteiger partial charge in [0.05, 0.1) is 4.88 Å². The smallest absolute Gasteiger partial charge is 0.222 e. The second-order valence-electron chi connectivity index (χ2n) is 6.94. The minimum Gasteiger partial charge on any atom is -0.343 e. The van der Waals surface area contributed by atoms with Gasteiger partial charge in [-0.25, -0.2) is 0 Å². The van der Waals surface area contributed by atoms with Gasteiger partial charge in [0, 0.05) is 32.6 Å². The van der Waals surface area contributed by atoms with Crippen LogP contribution in [0, 0.1) is 5.92 Å². The standard InChI is InChI=1S/C18H24N4OS2/c23-16(13-14-5-2-1-3-6-14)21-8-10-22(11-9-21)18-20-19-17(25-18)15-7-4-12-24-15/h4,7,12,14H,1-3,5-6,8-11,13H2. The van der Waals surface area contributed by atoms with Gasteiger partial charge in [0.15, 0.2) is 5.01 Å². The molecule has 2 aromatic rings. The van der Waals surface area contributed by atoms with Crippen LogP contribution in [-0.2, 0) is 4.79 Å². The molecule has 0 unspecified atom stereocenters. The van der Waals surface area contributed by atoms with E-state index in [9.17, 15) is 4.79 Å². The molecule has 0 bridgehead atoms. The maximum Gasteiger partial charge on any atom is 0.222 e. The topological polar surface area (TPSA) is 49.3 Å². The van der Waals surface area contributed by atoms with Gasteiger partial charge in [0.2, 0.25) is 11.0 Å². The van der Waals surface area contributed by atoms with E-state index in [0.717, 1.165) is 42.7 Å². The zero-order valence-corrected chi connectivity index (χ0v) is 16.0. The summed E-state index contributed by atoms with van der Waals surface area (Å²) in [6, 6.07) is 4.12. The fraction of sp³-hybridized carbons (Fsp3) is 0.611. The zero-order valence-electron chi connectivity index (χ0n) is 14.4. The van der Waals surface area contributed by atoms with Gasteiger partial charge < -0.3 is 9.80 Å². The highest BCUT2D eigenvalue weighted by atomic mass is 32.1. The molecule has 25 heavy (non-hydrogen) atoms. The number of thiophene rings is 1. The molecule has 0 radical (unpaired) electrons. The fourth-order valence-corrected chi connectivity index (χ4v) is 5.45. The van der Waals surface area contributed by atoms with E-state index in [1.807, 2.05) is 11.0 Å². The highest BCUT2D eigenvalue weighted by Gasteiger charge is 2.26. The summed E-state index contributed by atoms with van der Waals surface area (Å²) >= 11 is 3.34. The molecule has 0 aromatic carbocycles. The Kier molecular flexibility index (Phi) is 5.31. The van der Waals surface area contributed by atoms with E-state index in [2.05, 4.69) is 26.5 Å². The van der Waals surface area contributed by atoms with E-state index in [4.69, 9.17) is 0 Å². The van der Waals surface area contributed by atoms with Gasteiger partial charge in [-0.1, -0.05) is 36.7 Å². The molecule has 2 aromatic heterocycles. The second kappa shape index (κ2) is 7.83. The Labute approximate surface area is 156 Å². The van der Waals surface area contributed by atoms with Crippen LogP contribution in [-0.4, -0.2) is 47.2 Å². The minimum absolute atomic E-state index is 0.350. The molecule has 134 valence electrons. The van der Waals surface area contributed by atoms with Crippen molar-refractivity contribution in [3.63, 3.8) is 0 Å². The summed E-state index contributed by atoms with van der Waals surface area (Å²) in [4.78, 5) is 18.0. The number of amides is 1. The quantitative estimate of drug-likeness (QED) is 0.812. The lowest BCUT2D eigenvalue weighted by molar-refractivity contribution is -0.132. The van der Waals surface area contributed by atoms with Gasteiger partial charge in [-0.15, -0.1) is 21.5 Å². The molecule has 1 aliphatic carbocycles. The van der Waals surface area contributed by atoms with Crippen molar-refractivity contribution in [1.82, 2.24) is 15.1 Å². The van der Waals surface area contributed by atoms with E-state index in [0.29, 0.717) is 11.8 Å². The molecule has 2 aliphatic rings. The Balaban J connectivity index is 1.30. The highest BCUT2D eigenvalue weighted by Crippen LogP contribution is 2.32. The van der Waals surface area contributed by atoms with Crippen molar-refractivity contribution in [3.05, 3.63) is 17.5 Å². The Hall–Kier alpha value is -1.47. The molecule has 2 fully saturated rings. The molecule has 7 heteroatoms. The Bertz CT molecular complexity index is 686. The lowest BCUT2D eigenvalue weighted by atomic mass is 9.86. The normalized spacial score (nSPS) is 19.4. The van der Waals surface area contributed by atoms with Crippen molar-refractivity contribution in [3.8, 4) is 9.88 Å². The number of carbonyl (C=O) groups is 1. The van der Waals surface area contributed by atoms with Crippen LogP contribution in [0.15, 0.2) is 17.5 Å². The summed E-state index contributed by atoms with van der Waals surface area (Å²) in [6.07, 6.45) is 7.18.